The fourth-order valence-corrected chi connectivity index (χ4v) is 1.61. The van der Waals surface area contributed by atoms with Crippen LogP contribution in [0.15, 0.2) is 0 Å². The summed E-state index contributed by atoms with van der Waals surface area (Å²) in [5.74, 6) is 0.111. The summed E-state index contributed by atoms with van der Waals surface area (Å²) in [6.07, 6.45) is 1.19. The molecule has 1 aliphatic rings. The number of carbonyl (C=O) groups is 1. The Morgan fingerprint density at radius 3 is 2.54 bits per heavy atom. The van der Waals surface area contributed by atoms with Crippen LogP contribution in [0.2, 0.25) is 0 Å². The maximum atomic E-state index is 11.8. The molecule has 1 aliphatic heterocycles. The van der Waals surface area contributed by atoms with Crippen molar-refractivity contribution in [1.82, 2.24) is 5.32 Å². The zero-order valence-corrected chi connectivity index (χ0v) is 8.63. The number of piperidine rings is 1. The molecule has 0 spiro atoms. The van der Waals surface area contributed by atoms with Gasteiger partial charge in [0.05, 0.1) is 12.1 Å². The lowest BCUT2D eigenvalue weighted by atomic mass is 9.82. The van der Waals surface area contributed by atoms with E-state index >= 15 is 0 Å². The number of ketones is 1. The van der Waals surface area contributed by atoms with Crippen LogP contribution in [0.3, 0.4) is 0 Å². The zero-order chi connectivity index (χ0) is 10.1. The van der Waals surface area contributed by atoms with Crippen LogP contribution in [0.4, 0.5) is 0 Å². The van der Waals surface area contributed by atoms with Crippen molar-refractivity contribution in [3.8, 4) is 0 Å². The molecule has 1 rings (SSSR count). The summed E-state index contributed by atoms with van der Waals surface area (Å²) in [5, 5.41) is 12.7. The van der Waals surface area contributed by atoms with Gasteiger partial charge in [0, 0.05) is 5.41 Å². The van der Waals surface area contributed by atoms with Crippen molar-refractivity contribution in [3.63, 3.8) is 0 Å². The van der Waals surface area contributed by atoms with E-state index in [0.29, 0.717) is 0 Å². The van der Waals surface area contributed by atoms with E-state index in [1.807, 2.05) is 20.8 Å². The van der Waals surface area contributed by atoms with Gasteiger partial charge >= 0.3 is 0 Å². The van der Waals surface area contributed by atoms with Gasteiger partial charge in [-0.3, -0.25) is 4.79 Å². The molecule has 2 unspecified atom stereocenters. The third-order valence-electron chi connectivity index (χ3n) is 2.45. The molecule has 0 bridgehead atoms. The zero-order valence-electron chi connectivity index (χ0n) is 8.63. The lowest BCUT2D eigenvalue weighted by molar-refractivity contribution is -0.132. The molecule has 0 aromatic rings. The molecule has 1 fully saturated rings. The van der Waals surface area contributed by atoms with E-state index in [1.54, 1.807) is 0 Å². The highest BCUT2D eigenvalue weighted by molar-refractivity contribution is 5.89. The number of rotatable bonds is 1. The Morgan fingerprint density at radius 1 is 1.46 bits per heavy atom. The SMILES string of the molecule is CC(C)(C)C(=O)C1NCCCC1O. The number of aliphatic hydroxyl groups excluding tert-OH is 1. The predicted molar refractivity (Wildman–Crippen MR) is 51.5 cm³/mol. The number of hydrogen-bond acceptors (Lipinski definition) is 3. The van der Waals surface area contributed by atoms with Crippen LogP contribution in [-0.2, 0) is 4.79 Å². The van der Waals surface area contributed by atoms with Gasteiger partial charge in [0.1, 0.15) is 0 Å². The van der Waals surface area contributed by atoms with Crippen LogP contribution in [0.1, 0.15) is 33.6 Å². The van der Waals surface area contributed by atoms with Gasteiger partial charge in [-0.25, -0.2) is 0 Å². The summed E-state index contributed by atoms with van der Waals surface area (Å²) in [6, 6.07) is -0.353. The van der Waals surface area contributed by atoms with Gasteiger partial charge < -0.3 is 10.4 Å². The van der Waals surface area contributed by atoms with Crippen molar-refractivity contribution in [2.45, 2.75) is 45.8 Å². The summed E-state index contributed by atoms with van der Waals surface area (Å²) in [4.78, 5) is 11.8. The molecule has 0 amide bonds. The summed E-state index contributed by atoms with van der Waals surface area (Å²) in [5.41, 5.74) is -0.365. The Morgan fingerprint density at radius 2 is 2.08 bits per heavy atom. The van der Waals surface area contributed by atoms with Crippen molar-refractivity contribution < 1.29 is 9.90 Å². The predicted octanol–water partition coefficient (Wildman–Crippen LogP) is 0.714. The van der Waals surface area contributed by atoms with Gasteiger partial charge in [-0.15, -0.1) is 0 Å². The number of carbonyl (C=O) groups excluding carboxylic acids is 1. The number of Topliss-reactive ketones (excluding diaryl/α,β-unsaturated/α-hetero) is 1. The van der Waals surface area contributed by atoms with E-state index in [9.17, 15) is 9.90 Å². The van der Waals surface area contributed by atoms with Crippen LogP contribution in [0.5, 0.6) is 0 Å². The third kappa shape index (κ3) is 2.51. The Hall–Kier alpha value is -0.410. The first-order valence-corrected chi connectivity index (χ1v) is 4.88. The molecule has 76 valence electrons. The molecule has 13 heavy (non-hydrogen) atoms. The minimum atomic E-state index is -0.500. The van der Waals surface area contributed by atoms with Gasteiger partial charge in [-0.1, -0.05) is 20.8 Å². The highest BCUT2D eigenvalue weighted by atomic mass is 16.3. The van der Waals surface area contributed by atoms with Crippen LogP contribution >= 0.6 is 0 Å². The molecular formula is C10H19NO2. The maximum Gasteiger partial charge on any atom is 0.157 e. The summed E-state index contributed by atoms with van der Waals surface area (Å²) < 4.78 is 0. The molecule has 0 saturated carbocycles. The first-order valence-electron chi connectivity index (χ1n) is 4.88. The minimum Gasteiger partial charge on any atom is -0.391 e. The highest BCUT2D eigenvalue weighted by Gasteiger charge is 2.35. The first kappa shape index (κ1) is 10.7. The van der Waals surface area contributed by atoms with E-state index in [0.717, 1.165) is 19.4 Å². The average molecular weight is 185 g/mol. The highest BCUT2D eigenvalue weighted by Crippen LogP contribution is 2.21. The standard InChI is InChI=1S/C10H19NO2/c1-10(2,3)9(13)8-7(12)5-4-6-11-8/h7-8,11-12H,4-6H2,1-3H3. The van der Waals surface area contributed by atoms with Gasteiger partial charge in [0.25, 0.3) is 0 Å². The van der Waals surface area contributed by atoms with E-state index in [4.69, 9.17) is 0 Å². The Labute approximate surface area is 79.5 Å². The topological polar surface area (TPSA) is 49.3 Å². The van der Waals surface area contributed by atoms with Gasteiger partial charge in [-0.05, 0) is 19.4 Å². The summed E-state index contributed by atoms with van der Waals surface area (Å²) in [6.45, 7) is 6.50. The second kappa shape index (κ2) is 3.76. The fraction of sp³-hybridized carbons (Fsp3) is 0.900. The smallest absolute Gasteiger partial charge is 0.157 e. The molecule has 2 atom stereocenters. The fourth-order valence-electron chi connectivity index (χ4n) is 1.61. The maximum absolute atomic E-state index is 11.8. The van der Waals surface area contributed by atoms with Crippen LogP contribution in [0, 0.1) is 5.41 Å². The molecule has 0 aromatic heterocycles. The molecule has 1 saturated heterocycles. The van der Waals surface area contributed by atoms with Crippen molar-refractivity contribution in [1.29, 1.82) is 0 Å². The van der Waals surface area contributed by atoms with E-state index < -0.39 is 6.10 Å². The average Bonchev–Trinajstić information content (AvgIpc) is 2.02. The number of hydrogen-bond donors (Lipinski definition) is 2. The molecule has 3 nitrogen and oxygen atoms in total. The third-order valence-corrected chi connectivity index (χ3v) is 2.45. The molecule has 0 aliphatic carbocycles. The number of nitrogens with one attached hydrogen (secondary N) is 1. The summed E-state index contributed by atoms with van der Waals surface area (Å²) >= 11 is 0. The lowest BCUT2D eigenvalue weighted by Crippen LogP contribution is -2.53. The van der Waals surface area contributed by atoms with Crippen molar-refractivity contribution in [2.24, 2.45) is 5.41 Å². The van der Waals surface area contributed by atoms with Crippen molar-refractivity contribution in [3.05, 3.63) is 0 Å². The molecule has 1 heterocycles. The monoisotopic (exact) mass is 185 g/mol. The van der Waals surface area contributed by atoms with Crippen LogP contribution in [0.25, 0.3) is 0 Å². The lowest BCUT2D eigenvalue weighted by Gasteiger charge is -2.32. The first-order chi connectivity index (χ1) is 5.93. The molecule has 0 aromatic carbocycles. The molecular weight excluding hydrogens is 166 g/mol. The van der Waals surface area contributed by atoms with Crippen LogP contribution < -0.4 is 5.32 Å². The van der Waals surface area contributed by atoms with Gasteiger partial charge in [-0.2, -0.15) is 0 Å². The largest absolute Gasteiger partial charge is 0.391 e. The molecule has 3 heteroatoms. The van der Waals surface area contributed by atoms with E-state index in [2.05, 4.69) is 5.32 Å². The number of aliphatic hydroxyl groups is 1. The Kier molecular flexibility index (Phi) is 3.09. The van der Waals surface area contributed by atoms with Crippen LogP contribution in [-0.4, -0.2) is 29.6 Å². The summed E-state index contributed by atoms with van der Waals surface area (Å²) in [7, 11) is 0. The Balaban J connectivity index is 2.64. The van der Waals surface area contributed by atoms with Gasteiger partial charge in [0.2, 0.25) is 0 Å². The second-order valence-corrected chi connectivity index (χ2v) is 4.76. The quantitative estimate of drug-likeness (QED) is 0.632. The molecule has 0 radical (unpaired) electrons. The second-order valence-electron chi connectivity index (χ2n) is 4.76. The minimum absolute atomic E-state index is 0.111. The Bertz CT molecular complexity index is 196. The van der Waals surface area contributed by atoms with Gasteiger partial charge in [0.15, 0.2) is 5.78 Å². The van der Waals surface area contributed by atoms with Crippen molar-refractivity contribution in [2.75, 3.05) is 6.54 Å². The van der Waals surface area contributed by atoms with Crippen molar-refractivity contribution >= 4 is 5.78 Å². The van der Waals surface area contributed by atoms with E-state index in [-0.39, 0.29) is 17.2 Å². The van der Waals surface area contributed by atoms with E-state index in [1.165, 1.54) is 0 Å². The normalized spacial score (nSPS) is 30.2. The molecule has 2 N–H and O–H groups in total.